The van der Waals surface area contributed by atoms with Crippen molar-refractivity contribution in [3.63, 3.8) is 0 Å². The molecular weight excluding hydrogens is 440 g/mol. The molecular formula is C28H38N4O3. The van der Waals surface area contributed by atoms with Crippen molar-refractivity contribution in [1.29, 1.82) is 0 Å². The summed E-state index contributed by atoms with van der Waals surface area (Å²) in [6, 6.07) is 13.9. The van der Waals surface area contributed by atoms with E-state index in [-0.39, 0.29) is 16.8 Å². The Bertz CT molecular complexity index is 1140. The van der Waals surface area contributed by atoms with Crippen LogP contribution in [0.4, 0.5) is 5.82 Å². The molecule has 0 amide bonds. The molecule has 0 bridgehead atoms. The molecule has 0 saturated carbocycles. The number of aromatic hydroxyl groups is 1. The largest absolute Gasteiger partial charge is 0.507 e. The highest BCUT2D eigenvalue weighted by atomic mass is 16.5. The summed E-state index contributed by atoms with van der Waals surface area (Å²) in [6.07, 6.45) is 2.88. The second kappa shape index (κ2) is 9.99. The second-order valence-corrected chi connectivity index (χ2v) is 10.9. The third kappa shape index (κ3) is 6.03. The first-order chi connectivity index (χ1) is 16.6. The minimum Gasteiger partial charge on any atom is -0.507 e. The average Bonchev–Trinajstić information content (AvgIpc) is 2.79. The van der Waals surface area contributed by atoms with E-state index in [1.54, 1.807) is 13.2 Å². The highest BCUT2D eigenvalue weighted by Crippen LogP contribution is 2.35. The smallest absolute Gasteiger partial charge is 0.151 e. The zero-order valence-corrected chi connectivity index (χ0v) is 21.8. The molecule has 0 atom stereocenters. The number of benzene rings is 2. The summed E-state index contributed by atoms with van der Waals surface area (Å²) in [5.74, 6) is 1.78. The molecule has 0 aliphatic carbocycles. The topological polar surface area (TPSA) is 79.7 Å². The van der Waals surface area contributed by atoms with E-state index in [0.29, 0.717) is 30.5 Å². The second-order valence-electron chi connectivity index (χ2n) is 10.9. The van der Waals surface area contributed by atoms with Crippen LogP contribution in [0.3, 0.4) is 0 Å². The molecule has 1 saturated heterocycles. The van der Waals surface area contributed by atoms with Crippen molar-refractivity contribution in [2.45, 2.75) is 64.1 Å². The van der Waals surface area contributed by atoms with Gasteiger partial charge < -0.3 is 24.8 Å². The summed E-state index contributed by atoms with van der Waals surface area (Å²) in [5, 5.41) is 25.4. The van der Waals surface area contributed by atoms with E-state index in [9.17, 15) is 5.11 Å². The Labute approximate surface area is 208 Å². The fourth-order valence-corrected chi connectivity index (χ4v) is 5.34. The number of piperidine rings is 1. The molecule has 2 N–H and O–H groups in total. The van der Waals surface area contributed by atoms with Crippen molar-refractivity contribution in [3.8, 4) is 22.8 Å². The molecule has 7 heteroatoms. The highest BCUT2D eigenvalue weighted by Gasteiger charge is 2.39. The van der Waals surface area contributed by atoms with Crippen molar-refractivity contribution < 1.29 is 14.6 Å². The fourth-order valence-electron chi connectivity index (χ4n) is 5.34. The van der Waals surface area contributed by atoms with Gasteiger partial charge in [-0.15, -0.1) is 10.2 Å². The van der Waals surface area contributed by atoms with E-state index < -0.39 is 0 Å². The number of hydrogen-bond acceptors (Lipinski definition) is 7. The molecule has 35 heavy (non-hydrogen) atoms. The summed E-state index contributed by atoms with van der Waals surface area (Å²) in [5.41, 5.74) is 1.42. The van der Waals surface area contributed by atoms with Gasteiger partial charge in [-0.2, -0.15) is 0 Å². The number of hydrogen-bond donors (Lipinski definition) is 2. The van der Waals surface area contributed by atoms with Gasteiger partial charge in [-0.05, 0) is 87.7 Å². The Morgan fingerprint density at radius 2 is 1.71 bits per heavy atom. The van der Waals surface area contributed by atoms with Crippen LogP contribution in [-0.4, -0.2) is 59.8 Å². The standard InChI is InChI=1S/C28H38N4O3/c1-27(2)17-21(18-28(3,4)31-27)32(5)26-11-10-24(29-30-26)23-15-19-8-9-22(35-13-7-12-34-6)14-20(19)16-25(23)33/h8-11,14-16,21,31,33H,7,12-13,17-18H2,1-6H3. The summed E-state index contributed by atoms with van der Waals surface area (Å²) < 4.78 is 10.8. The average molecular weight is 479 g/mol. The number of aromatic nitrogens is 2. The van der Waals surface area contributed by atoms with Crippen molar-refractivity contribution in [2.75, 3.05) is 32.3 Å². The minimum absolute atomic E-state index is 0.0553. The first-order valence-electron chi connectivity index (χ1n) is 12.3. The van der Waals surface area contributed by atoms with Crippen LogP contribution in [0.25, 0.3) is 22.0 Å². The van der Waals surface area contributed by atoms with Gasteiger partial charge in [-0.25, -0.2) is 0 Å². The third-order valence-electron chi connectivity index (χ3n) is 6.69. The molecule has 1 aliphatic rings. The molecule has 1 fully saturated rings. The maximum Gasteiger partial charge on any atom is 0.151 e. The molecule has 2 heterocycles. The summed E-state index contributed by atoms with van der Waals surface area (Å²) in [7, 11) is 3.77. The van der Waals surface area contributed by atoms with E-state index in [1.807, 2.05) is 36.4 Å². The first kappa shape index (κ1) is 25.2. The molecule has 3 aromatic rings. The van der Waals surface area contributed by atoms with Crippen LogP contribution in [0.5, 0.6) is 11.5 Å². The van der Waals surface area contributed by atoms with Crippen molar-refractivity contribution in [2.24, 2.45) is 0 Å². The number of nitrogens with one attached hydrogen (secondary N) is 1. The lowest BCUT2D eigenvalue weighted by atomic mass is 9.79. The van der Waals surface area contributed by atoms with E-state index in [1.165, 1.54) is 0 Å². The van der Waals surface area contributed by atoms with Gasteiger partial charge in [0.05, 0.1) is 12.3 Å². The zero-order chi connectivity index (χ0) is 25.2. The van der Waals surface area contributed by atoms with Gasteiger partial charge in [0, 0.05) is 49.9 Å². The van der Waals surface area contributed by atoms with Crippen molar-refractivity contribution in [3.05, 3.63) is 42.5 Å². The lowest BCUT2D eigenvalue weighted by Gasteiger charge is -2.49. The molecule has 1 aliphatic heterocycles. The van der Waals surface area contributed by atoms with Gasteiger partial charge in [0.25, 0.3) is 0 Å². The van der Waals surface area contributed by atoms with Crippen LogP contribution in [0.15, 0.2) is 42.5 Å². The molecule has 188 valence electrons. The molecule has 0 radical (unpaired) electrons. The number of phenolic OH excluding ortho intramolecular Hbond substituents is 1. The number of fused-ring (bicyclic) bond motifs is 1. The van der Waals surface area contributed by atoms with Crippen molar-refractivity contribution in [1.82, 2.24) is 15.5 Å². The number of rotatable bonds is 8. The maximum absolute atomic E-state index is 10.8. The lowest BCUT2D eigenvalue weighted by Crippen LogP contribution is -2.62. The fraction of sp³-hybridized carbons (Fsp3) is 0.500. The number of ether oxygens (including phenoxy) is 2. The molecule has 2 aromatic carbocycles. The van der Waals surface area contributed by atoms with Gasteiger partial charge in [0.1, 0.15) is 11.5 Å². The van der Waals surface area contributed by atoms with Gasteiger partial charge in [-0.3, -0.25) is 0 Å². The number of nitrogens with zero attached hydrogens (tertiary/aromatic N) is 3. The molecule has 7 nitrogen and oxygen atoms in total. The Kier molecular flexibility index (Phi) is 7.20. The zero-order valence-electron chi connectivity index (χ0n) is 21.8. The summed E-state index contributed by atoms with van der Waals surface area (Å²) in [4.78, 5) is 2.23. The Morgan fingerprint density at radius 1 is 0.971 bits per heavy atom. The molecule has 4 rings (SSSR count). The lowest BCUT2D eigenvalue weighted by molar-refractivity contribution is 0.160. The predicted molar refractivity (Wildman–Crippen MR) is 141 cm³/mol. The van der Waals surface area contributed by atoms with Crippen LogP contribution in [0, 0.1) is 0 Å². The van der Waals surface area contributed by atoms with Crippen LogP contribution in [0.1, 0.15) is 47.0 Å². The van der Waals surface area contributed by atoms with Gasteiger partial charge in [0.15, 0.2) is 5.82 Å². The monoisotopic (exact) mass is 478 g/mol. The molecule has 0 spiro atoms. The number of methoxy groups -OCH3 is 1. The summed E-state index contributed by atoms with van der Waals surface area (Å²) in [6.45, 7) is 10.3. The Morgan fingerprint density at radius 3 is 2.37 bits per heavy atom. The van der Waals surface area contributed by atoms with Crippen molar-refractivity contribution >= 4 is 16.6 Å². The van der Waals surface area contributed by atoms with Crippen LogP contribution in [-0.2, 0) is 4.74 Å². The molecule has 0 unspecified atom stereocenters. The quantitative estimate of drug-likeness (QED) is 0.433. The third-order valence-corrected chi connectivity index (χ3v) is 6.69. The van der Waals surface area contributed by atoms with E-state index in [0.717, 1.165) is 41.6 Å². The van der Waals surface area contributed by atoms with Crippen LogP contribution >= 0.6 is 0 Å². The summed E-state index contributed by atoms with van der Waals surface area (Å²) >= 11 is 0. The maximum atomic E-state index is 10.8. The SMILES string of the molecule is COCCCOc1ccc2cc(-c3ccc(N(C)C4CC(C)(C)NC(C)(C)C4)nn3)c(O)cc2c1. The normalized spacial score (nSPS) is 17.4. The van der Waals surface area contributed by atoms with E-state index >= 15 is 0 Å². The Hall–Kier alpha value is -2.90. The van der Waals surface area contributed by atoms with E-state index in [2.05, 4.69) is 55.2 Å². The first-order valence-corrected chi connectivity index (χ1v) is 12.3. The van der Waals surface area contributed by atoms with Gasteiger partial charge in [-0.1, -0.05) is 6.07 Å². The van der Waals surface area contributed by atoms with Gasteiger partial charge in [0.2, 0.25) is 0 Å². The van der Waals surface area contributed by atoms with Crippen LogP contribution in [0.2, 0.25) is 0 Å². The highest BCUT2D eigenvalue weighted by molar-refractivity contribution is 5.90. The Balaban J connectivity index is 1.51. The molecule has 1 aromatic heterocycles. The van der Waals surface area contributed by atoms with E-state index in [4.69, 9.17) is 9.47 Å². The van der Waals surface area contributed by atoms with Gasteiger partial charge >= 0.3 is 0 Å². The minimum atomic E-state index is 0.0553. The predicted octanol–water partition coefficient (Wildman–Crippen LogP) is 5.16. The number of anilines is 1. The van der Waals surface area contributed by atoms with Crippen LogP contribution < -0.4 is 15.0 Å². The number of phenols is 1.